The molecule has 2 aliphatic rings. The van der Waals surface area contributed by atoms with E-state index in [4.69, 9.17) is 5.11 Å². The summed E-state index contributed by atoms with van der Waals surface area (Å²) in [4.78, 5) is 38.1. The Labute approximate surface area is 154 Å². The number of carbonyl (C=O) groups excluding carboxylic acids is 2. The van der Waals surface area contributed by atoms with Crippen LogP contribution in [0.4, 0.5) is 5.69 Å². The van der Waals surface area contributed by atoms with Crippen molar-refractivity contribution >= 4 is 44.9 Å². The second kappa shape index (κ2) is 6.72. The van der Waals surface area contributed by atoms with Gasteiger partial charge in [-0.3, -0.25) is 9.59 Å². The van der Waals surface area contributed by atoms with Gasteiger partial charge in [0.15, 0.2) is 0 Å². The van der Waals surface area contributed by atoms with Gasteiger partial charge in [0.25, 0.3) is 0 Å². The normalized spacial score (nSPS) is 20.2. The van der Waals surface area contributed by atoms with Gasteiger partial charge in [-0.2, -0.15) is 0 Å². The topological polar surface area (TPSA) is 86.7 Å². The van der Waals surface area contributed by atoms with Crippen LogP contribution in [0.2, 0.25) is 0 Å². The Morgan fingerprint density at radius 3 is 2.65 bits per heavy atom. The van der Waals surface area contributed by atoms with Gasteiger partial charge in [-0.05, 0) is 55.3 Å². The zero-order chi connectivity index (χ0) is 18.3. The zero-order valence-corrected chi connectivity index (χ0v) is 15.1. The van der Waals surface area contributed by atoms with Crippen molar-refractivity contribution < 1.29 is 19.5 Å². The quantitative estimate of drug-likeness (QED) is 0.863. The average molecular weight is 372 g/mol. The summed E-state index contributed by atoms with van der Waals surface area (Å²) in [6, 6.07) is 7.03. The van der Waals surface area contributed by atoms with Crippen molar-refractivity contribution in [3.8, 4) is 0 Å². The molecule has 6 nitrogen and oxygen atoms in total. The van der Waals surface area contributed by atoms with Gasteiger partial charge >= 0.3 is 5.97 Å². The number of anilines is 1. The van der Waals surface area contributed by atoms with Gasteiger partial charge in [0, 0.05) is 29.4 Å². The predicted molar refractivity (Wildman–Crippen MR) is 99.4 cm³/mol. The number of benzene rings is 1. The van der Waals surface area contributed by atoms with Crippen LogP contribution < -0.4 is 5.32 Å². The van der Waals surface area contributed by atoms with Gasteiger partial charge in [-0.25, -0.2) is 4.79 Å². The van der Waals surface area contributed by atoms with Crippen LogP contribution in [0.15, 0.2) is 24.3 Å². The summed E-state index contributed by atoms with van der Waals surface area (Å²) < 4.78 is 0.874. The third-order valence-electron chi connectivity index (χ3n) is 5.03. The van der Waals surface area contributed by atoms with E-state index in [-0.39, 0.29) is 28.5 Å². The molecule has 0 radical (unpaired) electrons. The van der Waals surface area contributed by atoms with Gasteiger partial charge in [0.2, 0.25) is 11.8 Å². The van der Waals surface area contributed by atoms with Crippen LogP contribution in [-0.2, 0) is 9.59 Å². The third kappa shape index (κ3) is 3.44. The highest BCUT2D eigenvalue weighted by Gasteiger charge is 2.36. The number of hydrogen-bond donors (Lipinski definition) is 2. The Hall–Kier alpha value is -2.41. The first kappa shape index (κ1) is 17.0. The van der Waals surface area contributed by atoms with Crippen LogP contribution in [0.25, 0.3) is 10.1 Å². The van der Waals surface area contributed by atoms with Crippen LogP contribution >= 0.6 is 11.3 Å². The average Bonchev–Trinajstić information content (AvgIpc) is 3.39. The number of carboxylic acids is 1. The minimum absolute atomic E-state index is 0.0775. The van der Waals surface area contributed by atoms with E-state index in [1.165, 1.54) is 11.3 Å². The Morgan fingerprint density at radius 2 is 1.92 bits per heavy atom. The molecule has 4 rings (SSSR count). The number of aromatic carboxylic acids is 1. The van der Waals surface area contributed by atoms with E-state index in [0.29, 0.717) is 12.2 Å². The highest BCUT2D eigenvalue weighted by atomic mass is 32.1. The summed E-state index contributed by atoms with van der Waals surface area (Å²) in [5.41, 5.74) is 0.655. The fourth-order valence-electron chi connectivity index (χ4n) is 3.45. The van der Waals surface area contributed by atoms with E-state index in [2.05, 4.69) is 5.32 Å². The lowest BCUT2D eigenvalue weighted by Crippen LogP contribution is -2.44. The third-order valence-corrected chi connectivity index (χ3v) is 6.13. The SMILES string of the molecule is O=C(O)c1cc2cc(NC(=O)C3CCCN(C(=O)C4CC4)C3)ccc2s1. The minimum atomic E-state index is -0.945. The molecule has 2 N–H and O–H groups in total. The van der Waals surface area contributed by atoms with Crippen molar-refractivity contribution in [2.75, 3.05) is 18.4 Å². The fraction of sp³-hybridized carbons (Fsp3) is 0.421. The Bertz CT molecular complexity index is 887. The number of piperidine rings is 1. The maximum Gasteiger partial charge on any atom is 0.345 e. The molecule has 1 unspecified atom stereocenters. The molecule has 1 aliphatic heterocycles. The van der Waals surface area contributed by atoms with Gasteiger partial charge < -0.3 is 15.3 Å². The number of carboxylic acid groups (broad SMARTS) is 1. The molecule has 0 spiro atoms. The summed E-state index contributed by atoms with van der Waals surface area (Å²) in [7, 11) is 0. The van der Waals surface area contributed by atoms with Crippen LogP contribution in [0.1, 0.15) is 35.4 Å². The number of nitrogens with zero attached hydrogens (tertiary/aromatic N) is 1. The Balaban J connectivity index is 1.44. The number of thiophene rings is 1. The van der Waals surface area contributed by atoms with E-state index in [9.17, 15) is 14.4 Å². The number of carbonyl (C=O) groups is 3. The second-order valence-corrected chi connectivity index (χ2v) is 8.14. The molecule has 1 aromatic carbocycles. The van der Waals surface area contributed by atoms with Crippen LogP contribution in [-0.4, -0.2) is 40.9 Å². The molecular weight excluding hydrogens is 352 g/mol. The van der Waals surface area contributed by atoms with Crippen molar-refractivity contribution in [3.05, 3.63) is 29.1 Å². The molecule has 1 saturated carbocycles. The first-order valence-electron chi connectivity index (χ1n) is 8.88. The van der Waals surface area contributed by atoms with Crippen molar-refractivity contribution in [2.45, 2.75) is 25.7 Å². The summed E-state index contributed by atoms with van der Waals surface area (Å²) in [6.45, 7) is 1.24. The maximum absolute atomic E-state index is 12.6. The summed E-state index contributed by atoms with van der Waals surface area (Å²) in [5.74, 6) is -0.838. The minimum Gasteiger partial charge on any atom is -0.477 e. The van der Waals surface area contributed by atoms with Gasteiger partial charge in [0.05, 0.1) is 5.92 Å². The van der Waals surface area contributed by atoms with Crippen molar-refractivity contribution in [3.63, 3.8) is 0 Å². The molecule has 136 valence electrons. The highest BCUT2D eigenvalue weighted by molar-refractivity contribution is 7.20. The molecule has 1 atom stereocenters. The molecule has 1 saturated heterocycles. The molecule has 1 aliphatic carbocycles. The van der Waals surface area contributed by atoms with Gasteiger partial charge in [-0.15, -0.1) is 11.3 Å². The molecule has 2 heterocycles. The van der Waals surface area contributed by atoms with E-state index in [0.717, 1.165) is 42.3 Å². The number of likely N-dealkylation sites (tertiary alicyclic amines) is 1. The first-order chi connectivity index (χ1) is 12.5. The van der Waals surface area contributed by atoms with Crippen LogP contribution in [0, 0.1) is 11.8 Å². The lowest BCUT2D eigenvalue weighted by atomic mass is 9.96. The molecule has 2 aromatic rings. The van der Waals surface area contributed by atoms with Gasteiger partial charge in [0.1, 0.15) is 4.88 Å². The Kier molecular flexibility index (Phi) is 4.40. The predicted octanol–water partition coefficient (Wildman–Crippen LogP) is 3.19. The number of fused-ring (bicyclic) bond motifs is 1. The molecule has 7 heteroatoms. The van der Waals surface area contributed by atoms with Crippen molar-refractivity contribution in [1.82, 2.24) is 4.90 Å². The lowest BCUT2D eigenvalue weighted by molar-refractivity contribution is -0.135. The first-order valence-corrected chi connectivity index (χ1v) is 9.69. The van der Waals surface area contributed by atoms with E-state index in [1.54, 1.807) is 18.2 Å². The number of rotatable bonds is 4. The zero-order valence-electron chi connectivity index (χ0n) is 14.2. The molecule has 2 fully saturated rings. The Morgan fingerprint density at radius 1 is 1.12 bits per heavy atom. The summed E-state index contributed by atoms with van der Waals surface area (Å²) in [5, 5.41) is 12.8. The largest absolute Gasteiger partial charge is 0.477 e. The van der Waals surface area contributed by atoms with Gasteiger partial charge in [-0.1, -0.05) is 0 Å². The lowest BCUT2D eigenvalue weighted by Gasteiger charge is -2.32. The second-order valence-electron chi connectivity index (χ2n) is 7.06. The molecule has 26 heavy (non-hydrogen) atoms. The highest BCUT2D eigenvalue weighted by Crippen LogP contribution is 2.33. The van der Waals surface area contributed by atoms with Crippen LogP contribution in [0.3, 0.4) is 0 Å². The van der Waals surface area contributed by atoms with E-state index < -0.39 is 5.97 Å². The number of amides is 2. The molecule has 0 bridgehead atoms. The molecule has 1 aromatic heterocycles. The smallest absolute Gasteiger partial charge is 0.345 e. The van der Waals surface area contributed by atoms with Crippen molar-refractivity contribution in [1.29, 1.82) is 0 Å². The number of nitrogens with one attached hydrogen (secondary N) is 1. The summed E-state index contributed by atoms with van der Waals surface area (Å²) in [6.07, 6.45) is 3.59. The maximum atomic E-state index is 12.6. The van der Waals surface area contributed by atoms with Crippen LogP contribution in [0.5, 0.6) is 0 Å². The molecule has 2 amide bonds. The standard InChI is InChI=1S/C19H20N2O4S/c22-17(12-2-1-7-21(10-12)18(23)11-3-4-11)20-14-5-6-15-13(8-14)9-16(26-15)19(24)25/h5-6,8-9,11-12H,1-4,7,10H2,(H,20,22)(H,24,25). The monoisotopic (exact) mass is 372 g/mol. The molecular formula is C19H20N2O4S. The van der Waals surface area contributed by atoms with E-state index >= 15 is 0 Å². The van der Waals surface area contributed by atoms with Crippen molar-refractivity contribution in [2.24, 2.45) is 11.8 Å². The van der Waals surface area contributed by atoms with E-state index in [1.807, 2.05) is 11.0 Å². The number of hydrogen-bond acceptors (Lipinski definition) is 4. The fourth-order valence-corrected chi connectivity index (χ4v) is 4.33. The summed E-state index contributed by atoms with van der Waals surface area (Å²) >= 11 is 1.22.